The molecule has 3 heteroatoms. The molecule has 0 saturated heterocycles. The third-order valence-electron chi connectivity index (χ3n) is 2.76. The summed E-state index contributed by atoms with van der Waals surface area (Å²) < 4.78 is 0. The smallest absolute Gasteiger partial charge is 0.317 e. The quantitative estimate of drug-likeness (QED) is 0.766. The summed E-state index contributed by atoms with van der Waals surface area (Å²) in [5.74, 6) is -0.266. The zero-order valence-corrected chi connectivity index (χ0v) is 10.9. The molecule has 15 heavy (non-hydrogen) atoms. The minimum absolute atomic E-state index is 0.0939. The van der Waals surface area contributed by atoms with Crippen molar-refractivity contribution in [1.82, 2.24) is 4.90 Å². The highest BCUT2D eigenvalue weighted by Gasteiger charge is 2.31. The van der Waals surface area contributed by atoms with E-state index in [0.29, 0.717) is 12.0 Å². The van der Waals surface area contributed by atoms with Crippen LogP contribution in [0.1, 0.15) is 48.0 Å². The van der Waals surface area contributed by atoms with Gasteiger partial charge < -0.3 is 5.11 Å². The number of nitrogens with zero attached hydrogens (tertiary/aromatic N) is 1. The van der Waals surface area contributed by atoms with Crippen LogP contribution in [0.5, 0.6) is 0 Å². The minimum atomic E-state index is -0.746. The molecule has 1 unspecified atom stereocenters. The van der Waals surface area contributed by atoms with Crippen LogP contribution in [0.15, 0.2) is 0 Å². The average Bonchev–Trinajstić information content (AvgIpc) is 2.00. The van der Waals surface area contributed by atoms with Gasteiger partial charge in [0.2, 0.25) is 0 Å². The first-order valence-electron chi connectivity index (χ1n) is 5.68. The van der Waals surface area contributed by atoms with Crippen LogP contribution in [-0.4, -0.2) is 34.1 Å². The van der Waals surface area contributed by atoms with Crippen molar-refractivity contribution in [2.24, 2.45) is 5.92 Å². The molecule has 0 fully saturated rings. The summed E-state index contributed by atoms with van der Waals surface area (Å²) >= 11 is 0. The first kappa shape index (κ1) is 14.4. The fourth-order valence-electron chi connectivity index (χ4n) is 2.05. The van der Waals surface area contributed by atoms with Crippen molar-refractivity contribution >= 4 is 5.97 Å². The fourth-order valence-corrected chi connectivity index (χ4v) is 2.05. The van der Waals surface area contributed by atoms with Crippen LogP contribution in [0.4, 0.5) is 0 Å². The highest BCUT2D eigenvalue weighted by atomic mass is 16.4. The van der Waals surface area contributed by atoms with E-state index in [1.165, 1.54) is 0 Å². The van der Waals surface area contributed by atoms with Gasteiger partial charge in [0.05, 0.1) is 6.54 Å². The lowest BCUT2D eigenvalue weighted by Crippen LogP contribution is -2.52. The molecule has 0 radical (unpaired) electrons. The Morgan fingerprint density at radius 2 is 1.80 bits per heavy atom. The number of carbonyl (C=O) groups is 1. The summed E-state index contributed by atoms with van der Waals surface area (Å²) in [6.45, 7) is 12.7. The van der Waals surface area contributed by atoms with Crippen molar-refractivity contribution in [2.45, 2.75) is 59.5 Å². The second kappa shape index (κ2) is 5.50. The molecule has 0 rings (SSSR count). The Kier molecular flexibility index (Phi) is 5.29. The molecular weight excluding hydrogens is 190 g/mol. The number of carboxylic acids is 1. The maximum absolute atomic E-state index is 10.9. The van der Waals surface area contributed by atoms with Gasteiger partial charge in [-0.3, -0.25) is 9.69 Å². The number of hydrogen-bond donors (Lipinski definition) is 1. The number of carboxylic acid groups (broad SMARTS) is 1. The number of hydrogen-bond acceptors (Lipinski definition) is 2. The van der Waals surface area contributed by atoms with Gasteiger partial charge in [-0.2, -0.15) is 0 Å². The van der Waals surface area contributed by atoms with Gasteiger partial charge in [-0.05, 0) is 33.1 Å². The molecule has 0 aliphatic carbocycles. The van der Waals surface area contributed by atoms with Crippen molar-refractivity contribution in [3.05, 3.63) is 0 Å². The fraction of sp³-hybridized carbons (Fsp3) is 0.917. The SMILES string of the molecule is CCC(C(C)C)N(CC(=O)O)C(C)(C)C. The maximum atomic E-state index is 10.9. The average molecular weight is 215 g/mol. The van der Waals surface area contributed by atoms with E-state index in [0.717, 1.165) is 6.42 Å². The van der Waals surface area contributed by atoms with Crippen molar-refractivity contribution in [3.63, 3.8) is 0 Å². The van der Waals surface area contributed by atoms with Crippen molar-refractivity contribution in [2.75, 3.05) is 6.54 Å². The molecule has 90 valence electrons. The Balaban J connectivity index is 4.82. The van der Waals surface area contributed by atoms with E-state index in [4.69, 9.17) is 5.11 Å². The van der Waals surface area contributed by atoms with Gasteiger partial charge >= 0.3 is 5.97 Å². The summed E-state index contributed by atoms with van der Waals surface area (Å²) in [6, 6.07) is 0.334. The summed E-state index contributed by atoms with van der Waals surface area (Å²) in [6.07, 6.45) is 0.988. The van der Waals surface area contributed by atoms with E-state index in [2.05, 4.69) is 46.4 Å². The standard InChI is InChI=1S/C12H25NO2/c1-7-10(9(2)3)13(8-11(14)15)12(4,5)6/h9-10H,7-8H2,1-6H3,(H,14,15). The van der Waals surface area contributed by atoms with Crippen molar-refractivity contribution in [1.29, 1.82) is 0 Å². The minimum Gasteiger partial charge on any atom is -0.480 e. The summed E-state index contributed by atoms with van der Waals surface area (Å²) in [5.41, 5.74) is -0.0939. The lowest BCUT2D eigenvalue weighted by Gasteiger charge is -2.42. The van der Waals surface area contributed by atoms with Gasteiger partial charge in [0.1, 0.15) is 0 Å². The molecule has 0 bridgehead atoms. The number of rotatable bonds is 5. The Morgan fingerprint density at radius 1 is 1.33 bits per heavy atom. The summed E-state index contributed by atoms with van der Waals surface area (Å²) in [5, 5.41) is 8.93. The monoisotopic (exact) mass is 215 g/mol. The number of aliphatic carboxylic acids is 1. The molecule has 1 atom stereocenters. The summed E-state index contributed by atoms with van der Waals surface area (Å²) in [4.78, 5) is 12.9. The predicted octanol–water partition coefficient (Wildman–Crippen LogP) is 2.61. The molecule has 0 aromatic carbocycles. The van der Waals surface area contributed by atoms with Crippen molar-refractivity contribution in [3.8, 4) is 0 Å². The highest BCUT2D eigenvalue weighted by molar-refractivity contribution is 5.69. The molecule has 0 spiro atoms. The topological polar surface area (TPSA) is 40.5 Å². The van der Waals surface area contributed by atoms with E-state index >= 15 is 0 Å². The second-order valence-electron chi connectivity index (χ2n) is 5.41. The van der Waals surface area contributed by atoms with E-state index in [-0.39, 0.29) is 12.1 Å². The molecular formula is C12H25NO2. The Morgan fingerprint density at radius 3 is 2.00 bits per heavy atom. The maximum Gasteiger partial charge on any atom is 0.317 e. The van der Waals surface area contributed by atoms with Gasteiger partial charge in [0.25, 0.3) is 0 Å². The van der Waals surface area contributed by atoms with Crippen LogP contribution in [0.2, 0.25) is 0 Å². The molecule has 1 N–H and O–H groups in total. The normalized spacial score (nSPS) is 14.7. The van der Waals surface area contributed by atoms with E-state index < -0.39 is 5.97 Å². The zero-order valence-electron chi connectivity index (χ0n) is 10.9. The van der Waals surface area contributed by atoms with Crippen LogP contribution >= 0.6 is 0 Å². The molecule has 0 amide bonds. The molecule has 3 nitrogen and oxygen atoms in total. The third kappa shape index (κ3) is 4.65. The lowest BCUT2D eigenvalue weighted by molar-refractivity contribution is -0.141. The van der Waals surface area contributed by atoms with Crippen LogP contribution in [0.3, 0.4) is 0 Å². The third-order valence-corrected chi connectivity index (χ3v) is 2.76. The van der Waals surface area contributed by atoms with Crippen LogP contribution in [0, 0.1) is 5.92 Å². The van der Waals surface area contributed by atoms with Gasteiger partial charge in [0, 0.05) is 11.6 Å². The van der Waals surface area contributed by atoms with Gasteiger partial charge in [-0.25, -0.2) is 0 Å². The van der Waals surface area contributed by atoms with E-state index in [9.17, 15) is 4.79 Å². The van der Waals surface area contributed by atoms with Crippen LogP contribution in [-0.2, 0) is 4.79 Å². The van der Waals surface area contributed by atoms with Crippen LogP contribution < -0.4 is 0 Å². The first-order chi connectivity index (χ1) is 6.70. The molecule has 0 heterocycles. The Hall–Kier alpha value is -0.570. The summed E-state index contributed by atoms with van der Waals surface area (Å²) in [7, 11) is 0. The second-order valence-corrected chi connectivity index (χ2v) is 5.41. The largest absolute Gasteiger partial charge is 0.480 e. The van der Waals surface area contributed by atoms with E-state index in [1.54, 1.807) is 0 Å². The van der Waals surface area contributed by atoms with E-state index in [1.807, 2.05) is 0 Å². The van der Waals surface area contributed by atoms with Crippen LogP contribution in [0.25, 0.3) is 0 Å². The molecule has 0 aliphatic heterocycles. The molecule has 0 aromatic rings. The Labute approximate surface area is 93.5 Å². The van der Waals surface area contributed by atoms with Gasteiger partial charge in [-0.1, -0.05) is 20.8 Å². The van der Waals surface area contributed by atoms with Gasteiger partial charge in [-0.15, -0.1) is 0 Å². The lowest BCUT2D eigenvalue weighted by atomic mass is 9.94. The first-order valence-corrected chi connectivity index (χ1v) is 5.68. The van der Waals surface area contributed by atoms with Gasteiger partial charge in [0.15, 0.2) is 0 Å². The molecule has 0 aliphatic rings. The molecule has 0 aromatic heterocycles. The van der Waals surface area contributed by atoms with Crippen molar-refractivity contribution < 1.29 is 9.90 Å². The molecule has 0 saturated carbocycles. The zero-order chi connectivity index (χ0) is 12.2. The highest BCUT2D eigenvalue weighted by Crippen LogP contribution is 2.23. The Bertz CT molecular complexity index is 206. The predicted molar refractivity (Wildman–Crippen MR) is 63.0 cm³/mol.